The highest BCUT2D eigenvalue weighted by Crippen LogP contribution is 2.19. The minimum absolute atomic E-state index is 0.0855. The summed E-state index contributed by atoms with van der Waals surface area (Å²) in [6, 6.07) is 17.0. The quantitative estimate of drug-likeness (QED) is 0.304. The molecule has 0 aliphatic carbocycles. The first-order chi connectivity index (χ1) is 14.6. The average Bonchev–Trinajstić information content (AvgIpc) is 2.77. The van der Waals surface area contributed by atoms with Gasteiger partial charge in [-0.2, -0.15) is 0 Å². The Bertz CT molecular complexity index is 1040. The molecule has 30 heavy (non-hydrogen) atoms. The molecule has 0 spiro atoms. The van der Waals surface area contributed by atoms with Gasteiger partial charge in [-0.05, 0) is 38.0 Å². The molecule has 0 aliphatic heterocycles. The number of para-hydroxylation sites is 1. The van der Waals surface area contributed by atoms with Crippen molar-refractivity contribution in [3.05, 3.63) is 70.5 Å². The lowest BCUT2D eigenvalue weighted by atomic mass is 10.1. The van der Waals surface area contributed by atoms with Crippen molar-refractivity contribution < 1.29 is 9.53 Å². The summed E-state index contributed by atoms with van der Waals surface area (Å²) in [5.41, 5.74) is 1.61. The number of nitrogens with one attached hydrogen (secondary N) is 1. The number of hydrogen-bond acceptors (Lipinski definition) is 5. The maximum Gasteiger partial charge on any atom is 0.262 e. The van der Waals surface area contributed by atoms with Crippen molar-refractivity contribution in [3.63, 3.8) is 0 Å². The number of aromatic nitrogens is 2. The van der Waals surface area contributed by atoms with Gasteiger partial charge in [0.25, 0.3) is 5.56 Å². The van der Waals surface area contributed by atoms with E-state index in [9.17, 15) is 9.59 Å². The van der Waals surface area contributed by atoms with Crippen molar-refractivity contribution in [2.45, 2.75) is 38.0 Å². The Morgan fingerprint density at radius 1 is 1.17 bits per heavy atom. The summed E-state index contributed by atoms with van der Waals surface area (Å²) in [5, 5.41) is 4.14. The van der Waals surface area contributed by atoms with E-state index >= 15 is 0 Å². The van der Waals surface area contributed by atoms with Crippen LogP contribution in [0, 0.1) is 0 Å². The Kier molecular flexibility index (Phi) is 8.04. The Morgan fingerprint density at radius 2 is 1.90 bits per heavy atom. The lowest BCUT2D eigenvalue weighted by Gasteiger charge is -2.15. The molecule has 0 saturated carbocycles. The zero-order chi connectivity index (χ0) is 21.3. The highest BCUT2D eigenvalue weighted by atomic mass is 32.2. The van der Waals surface area contributed by atoms with Crippen LogP contribution in [0.3, 0.4) is 0 Å². The molecule has 3 aromatic rings. The van der Waals surface area contributed by atoms with Crippen LogP contribution in [-0.4, -0.2) is 34.4 Å². The molecular weight excluding hydrogens is 398 g/mol. The fourth-order valence-electron chi connectivity index (χ4n) is 3.16. The second-order valence-electron chi connectivity index (χ2n) is 6.91. The fourth-order valence-corrected chi connectivity index (χ4v) is 4.00. The van der Waals surface area contributed by atoms with Crippen LogP contribution in [0.15, 0.2) is 64.5 Å². The van der Waals surface area contributed by atoms with E-state index in [-0.39, 0.29) is 23.3 Å². The molecule has 6 nitrogen and oxygen atoms in total. The van der Waals surface area contributed by atoms with Crippen LogP contribution < -0.4 is 10.9 Å². The number of rotatable bonds is 10. The summed E-state index contributed by atoms with van der Waals surface area (Å²) in [6.07, 6.45) is 0.707. The molecule has 1 atom stereocenters. The van der Waals surface area contributed by atoms with Crippen molar-refractivity contribution in [1.29, 1.82) is 0 Å². The minimum Gasteiger partial charge on any atom is -0.382 e. The molecule has 0 bridgehead atoms. The maximum atomic E-state index is 13.0. The minimum atomic E-state index is -0.0976. The Labute approximate surface area is 180 Å². The first-order valence-corrected chi connectivity index (χ1v) is 11.1. The third-order valence-electron chi connectivity index (χ3n) is 4.71. The number of nitrogens with zero attached hydrogens (tertiary/aromatic N) is 2. The summed E-state index contributed by atoms with van der Waals surface area (Å²) in [7, 11) is 0. The third-order valence-corrected chi connectivity index (χ3v) is 5.69. The van der Waals surface area contributed by atoms with Crippen LogP contribution in [0.1, 0.15) is 31.9 Å². The van der Waals surface area contributed by atoms with E-state index in [0.717, 1.165) is 5.56 Å². The van der Waals surface area contributed by atoms with Gasteiger partial charge in [0.1, 0.15) is 0 Å². The number of amides is 1. The summed E-state index contributed by atoms with van der Waals surface area (Å²) in [6.45, 7) is 5.62. The van der Waals surface area contributed by atoms with Crippen LogP contribution in [0.25, 0.3) is 10.9 Å². The summed E-state index contributed by atoms with van der Waals surface area (Å²) >= 11 is 1.28. The predicted molar refractivity (Wildman–Crippen MR) is 121 cm³/mol. The molecule has 0 radical (unpaired) electrons. The molecular formula is C23H27N3O3S. The van der Waals surface area contributed by atoms with Gasteiger partial charge in [0.15, 0.2) is 5.16 Å². The van der Waals surface area contributed by atoms with Crippen LogP contribution in [-0.2, 0) is 16.1 Å². The van der Waals surface area contributed by atoms with Crippen molar-refractivity contribution in [2.75, 3.05) is 19.0 Å². The van der Waals surface area contributed by atoms with Gasteiger partial charge in [-0.3, -0.25) is 14.2 Å². The Hall–Kier alpha value is -2.64. The zero-order valence-corrected chi connectivity index (χ0v) is 18.2. The van der Waals surface area contributed by atoms with Crippen LogP contribution in [0.5, 0.6) is 0 Å². The van der Waals surface area contributed by atoms with E-state index < -0.39 is 0 Å². The predicted octanol–water partition coefficient (Wildman–Crippen LogP) is 3.79. The molecule has 0 unspecified atom stereocenters. The van der Waals surface area contributed by atoms with Gasteiger partial charge in [-0.25, -0.2) is 4.98 Å². The van der Waals surface area contributed by atoms with Gasteiger partial charge < -0.3 is 10.1 Å². The number of thioether (sulfide) groups is 1. The van der Waals surface area contributed by atoms with Crippen molar-refractivity contribution >= 4 is 28.6 Å². The SMILES string of the molecule is CCOCCCn1c(SCC(=O)N[C@@H](C)c2ccccc2)nc2ccccc2c1=O. The van der Waals surface area contributed by atoms with E-state index in [4.69, 9.17) is 4.74 Å². The molecule has 1 amide bonds. The highest BCUT2D eigenvalue weighted by Gasteiger charge is 2.14. The largest absolute Gasteiger partial charge is 0.382 e. The number of carbonyl (C=O) groups excluding carboxylic acids is 1. The second kappa shape index (κ2) is 10.9. The van der Waals surface area contributed by atoms with E-state index in [0.29, 0.717) is 42.2 Å². The number of hydrogen-bond donors (Lipinski definition) is 1. The van der Waals surface area contributed by atoms with Gasteiger partial charge in [-0.1, -0.05) is 54.2 Å². The topological polar surface area (TPSA) is 73.2 Å². The van der Waals surface area contributed by atoms with Gasteiger partial charge in [-0.15, -0.1) is 0 Å². The standard InChI is InChI=1S/C23H27N3O3S/c1-3-29-15-9-14-26-22(28)19-12-7-8-13-20(19)25-23(26)30-16-21(27)24-17(2)18-10-5-4-6-11-18/h4-8,10-13,17H,3,9,14-16H2,1-2H3,(H,24,27)/t17-/m0/s1. The smallest absolute Gasteiger partial charge is 0.262 e. The lowest BCUT2D eigenvalue weighted by Crippen LogP contribution is -2.29. The lowest BCUT2D eigenvalue weighted by molar-refractivity contribution is -0.119. The molecule has 158 valence electrons. The van der Waals surface area contributed by atoms with Crippen molar-refractivity contribution in [3.8, 4) is 0 Å². The fraction of sp³-hybridized carbons (Fsp3) is 0.348. The number of fused-ring (bicyclic) bond motifs is 1. The zero-order valence-electron chi connectivity index (χ0n) is 17.3. The van der Waals surface area contributed by atoms with Gasteiger partial charge in [0.05, 0.1) is 22.7 Å². The molecule has 1 heterocycles. The van der Waals surface area contributed by atoms with E-state index in [1.54, 1.807) is 10.6 Å². The molecule has 3 rings (SSSR count). The first kappa shape index (κ1) is 22.1. The monoisotopic (exact) mass is 425 g/mol. The van der Waals surface area contributed by atoms with Gasteiger partial charge in [0, 0.05) is 19.8 Å². The Morgan fingerprint density at radius 3 is 2.67 bits per heavy atom. The summed E-state index contributed by atoms with van der Waals surface area (Å²) < 4.78 is 7.05. The number of benzene rings is 2. The molecule has 0 saturated heterocycles. The molecule has 1 N–H and O–H groups in total. The van der Waals surface area contributed by atoms with E-state index in [1.807, 2.05) is 62.4 Å². The summed E-state index contributed by atoms with van der Waals surface area (Å²) in [4.78, 5) is 30.1. The van der Waals surface area contributed by atoms with Crippen molar-refractivity contribution in [2.24, 2.45) is 0 Å². The first-order valence-electron chi connectivity index (χ1n) is 10.1. The van der Waals surface area contributed by atoms with Gasteiger partial charge >= 0.3 is 0 Å². The summed E-state index contributed by atoms with van der Waals surface area (Å²) in [5.74, 6) is 0.0903. The number of ether oxygens (including phenoxy) is 1. The van der Waals surface area contributed by atoms with E-state index in [1.165, 1.54) is 11.8 Å². The highest BCUT2D eigenvalue weighted by molar-refractivity contribution is 7.99. The van der Waals surface area contributed by atoms with Crippen LogP contribution >= 0.6 is 11.8 Å². The van der Waals surface area contributed by atoms with Crippen molar-refractivity contribution in [1.82, 2.24) is 14.9 Å². The normalized spacial score (nSPS) is 12.1. The average molecular weight is 426 g/mol. The van der Waals surface area contributed by atoms with E-state index in [2.05, 4.69) is 10.3 Å². The third kappa shape index (κ3) is 5.70. The second-order valence-corrected chi connectivity index (χ2v) is 7.85. The Balaban J connectivity index is 1.73. The number of carbonyl (C=O) groups is 1. The van der Waals surface area contributed by atoms with Crippen LogP contribution in [0.4, 0.5) is 0 Å². The molecule has 0 fully saturated rings. The maximum absolute atomic E-state index is 13.0. The molecule has 2 aromatic carbocycles. The molecule has 0 aliphatic rings. The van der Waals surface area contributed by atoms with Gasteiger partial charge in [0.2, 0.25) is 5.91 Å². The molecule has 7 heteroatoms. The van der Waals surface area contributed by atoms with Crippen LogP contribution in [0.2, 0.25) is 0 Å². The molecule has 1 aromatic heterocycles.